The molecule has 1 aliphatic rings. The van der Waals surface area contributed by atoms with Gasteiger partial charge in [-0.2, -0.15) is 5.26 Å². The maximum absolute atomic E-state index is 13.7. The molecule has 122 valence electrons. The minimum atomic E-state index is -0.745. The fourth-order valence-electron chi connectivity index (χ4n) is 3.39. The number of pyridine rings is 1. The largest absolute Gasteiger partial charge is 0.310 e. The Bertz CT molecular complexity index is 791. The highest BCUT2D eigenvalue weighted by atomic mass is 19.1. The molecule has 24 heavy (non-hydrogen) atoms. The molecule has 1 aromatic carbocycles. The van der Waals surface area contributed by atoms with Gasteiger partial charge in [-0.3, -0.25) is 4.79 Å². The van der Waals surface area contributed by atoms with E-state index in [2.05, 4.69) is 10.3 Å². The second-order valence-corrected chi connectivity index (χ2v) is 6.15. The van der Waals surface area contributed by atoms with Gasteiger partial charge >= 0.3 is 0 Å². The van der Waals surface area contributed by atoms with Gasteiger partial charge in [-0.15, -0.1) is 0 Å². The van der Waals surface area contributed by atoms with Gasteiger partial charge in [0, 0.05) is 6.20 Å². The fraction of sp³-hybridized carbons (Fsp3) is 0.316. The number of benzene rings is 1. The first kappa shape index (κ1) is 16.1. The Balaban J connectivity index is 1.93. The van der Waals surface area contributed by atoms with Crippen molar-refractivity contribution in [2.24, 2.45) is 0 Å². The van der Waals surface area contributed by atoms with E-state index in [1.54, 1.807) is 18.2 Å². The van der Waals surface area contributed by atoms with Crippen LogP contribution in [0.15, 0.2) is 42.6 Å². The summed E-state index contributed by atoms with van der Waals surface area (Å²) >= 11 is 0. The summed E-state index contributed by atoms with van der Waals surface area (Å²) in [5, 5.41) is 11.8. The highest BCUT2D eigenvalue weighted by Gasteiger charge is 2.41. The van der Waals surface area contributed by atoms with Crippen molar-refractivity contribution in [3.8, 4) is 6.07 Å². The molecule has 0 aliphatic heterocycles. The van der Waals surface area contributed by atoms with Crippen molar-refractivity contribution in [1.29, 1.82) is 5.26 Å². The zero-order valence-electron chi connectivity index (χ0n) is 13.3. The Morgan fingerprint density at radius 3 is 2.71 bits per heavy atom. The second-order valence-electron chi connectivity index (χ2n) is 6.15. The first-order valence-electron chi connectivity index (χ1n) is 8.08. The number of carbonyl (C=O) groups excluding carboxylic acids is 1. The Hall–Kier alpha value is -2.74. The number of nitrogens with one attached hydrogen (secondary N) is 1. The smallest absolute Gasteiger partial charge is 0.236 e. The number of anilines is 1. The molecule has 1 N–H and O–H groups in total. The molecule has 1 aromatic heterocycles. The van der Waals surface area contributed by atoms with Gasteiger partial charge in [0.1, 0.15) is 11.6 Å². The van der Waals surface area contributed by atoms with Gasteiger partial charge in [-0.05, 0) is 42.7 Å². The van der Waals surface area contributed by atoms with E-state index in [9.17, 15) is 9.18 Å². The molecular formula is C19H18FN3O. The molecular weight excluding hydrogens is 305 g/mol. The summed E-state index contributed by atoms with van der Waals surface area (Å²) in [6.07, 6.45) is 5.78. The molecule has 0 radical (unpaired) electrons. The number of rotatable bonds is 3. The van der Waals surface area contributed by atoms with E-state index in [4.69, 9.17) is 5.26 Å². The third kappa shape index (κ3) is 3.13. The Labute approximate surface area is 140 Å². The summed E-state index contributed by atoms with van der Waals surface area (Å²) < 4.78 is 13.7. The average Bonchev–Trinajstić information content (AvgIpc) is 2.62. The maximum Gasteiger partial charge on any atom is 0.236 e. The maximum atomic E-state index is 13.7. The van der Waals surface area contributed by atoms with Crippen LogP contribution in [0.4, 0.5) is 10.2 Å². The molecule has 0 unspecified atom stereocenters. The summed E-state index contributed by atoms with van der Waals surface area (Å²) in [6, 6.07) is 11.4. The molecule has 1 heterocycles. The first-order valence-corrected chi connectivity index (χ1v) is 8.08. The highest BCUT2D eigenvalue weighted by Crippen LogP contribution is 2.40. The quantitative estimate of drug-likeness (QED) is 0.930. The molecule has 4 nitrogen and oxygen atoms in total. The predicted octanol–water partition coefficient (Wildman–Crippen LogP) is 3.93. The monoisotopic (exact) mass is 323 g/mol. The zero-order chi connectivity index (χ0) is 17.0. The van der Waals surface area contributed by atoms with Gasteiger partial charge in [0.05, 0.1) is 17.0 Å². The Kier molecular flexibility index (Phi) is 4.57. The van der Waals surface area contributed by atoms with E-state index in [1.807, 2.05) is 12.1 Å². The molecule has 0 bridgehead atoms. The number of aromatic nitrogens is 1. The lowest BCUT2D eigenvalue weighted by atomic mass is 9.68. The van der Waals surface area contributed by atoms with Gasteiger partial charge in [0.25, 0.3) is 0 Å². The van der Waals surface area contributed by atoms with E-state index in [1.165, 1.54) is 18.3 Å². The number of nitriles is 1. The van der Waals surface area contributed by atoms with Crippen molar-refractivity contribution in [3.63, 3.8) is 0 Å². The molecule has 0 saturated heterocycles. The van der Waals surface area contributed by atoms with Crippen molar-refractivity contribution in [3.05, 3.63) is 59.5 Å². The molecule has 1 aliphatic carbocycles. The van der Waals surface area contributed by atoms with Crippen LogP contribution in [0.5, 0.6) is 0 Å². The van der Waals surface area contributed by atoms with E-state index in [0.29, 0.717) is 29.8 Å². The minimum absolute atomic E-state index is 0.185. The van der Waals surface area contributed by atoms with Crippen LogP contribution >= 0.6 is 0 Å². The van der Waals surface area contributed by atoms with Crippen LogP contribution in [-0.2, 0) is 10.2 Å². The van der Waals surface area contributed by atoms with E-state index >= 15 is 0 Å². The zero-order valence-corrected chi connectivity index (χ0v) is 13.3. The van der Waals surface area contributed by atoms with Crippen LogP contribution in [0.3, 0.4) is 0 Å². The van der Waals surface area contributed by atoms with Gasteiger partial charge in [0.15, 0.2) is 0 Å². The highest BCUT2D eigenvalue weighted by molar-refractivity contribution is 5.98. The number of amides is 1. The molecule has 5 heteroatoms. The molecule has 1 amide bonds. The topological polar surface area (TPSA) is 65.8 Å². The molecule has 1 saturated carbocycles. The van der Waals surface area contributed by atoms with Crippen molar-refractivity contribution in [1.82, 2.24) is 4.98 Å². The summed E-state index contributed by atoms with van der Waals surface area (Å²) in [6.45, 7) is 0. The number of hydrogen-bond donors (Lipinski definition) is 1. The van der Waals surface area contributed by atoms with Crippen LogP contribution < -0.4 is 5.32 Å². The number of hydrogen-bond acceptors (Lipinski definition) is 3. The van der Waals surface area contributed by atoms with Crippen molar-refractivity contribution >= 4 is 11.7 Å². The molecule has 3 rings (SSSR count). The van der Waals surface area contributed by atoms with Crippen LogP contribution in [-0.4, -0.2) is 10.9 Å². The molecule has 1 fully saturated rings. The third-order valence-corrected chi connectivity index (χ3v) is 4.65. The second kappa shape index (κ2) is 6.79. The number of halogens is 1. The standard InChI is InChI=1S/C19H18FN3O/c20-16-6-4-5-15(12-16)19(8-2-1-3-9-19)18(24)23-17-11-14(13-21)7-10-22-17/h4-7,10-12H,1-3,8-9H2,(H,22,23,24). The average molecular weight is 323 g/mol. The SMILES string of the molecule is N#Cc1ccnc(NC(=O)C2(c3cccc(F)c3)CCCCC2)c1. The summed E-state index contributed by atoms with van der Waals surface area (Å²) in [4.78, 5) is 17.2. The fourth-order valence-corrected chi connectivity index (χ4v) is 3.39. The van der Waals surface area contributed by atoms with Crippen molar-refractivity contribution in [2.75, 3.05) is 5.32 Å². The summed E-state index contributed by atoms with van der Waals surface area (Å²) in [5.41, 5.74) is 0.393. The van der Waals surface area contributed by atoms with Crippen molar-refractivity contribution < 1.29 is 9.18 Å². The lowest BCUT2D eigenvalue weighted by molar-refractivity contribution is -0.122. The number of nitrogens with zero attached hydrogens (tertiary/aromatic N) is 2. The van der Waals surface area contributed by atoms with E-state index < -0.39 is 5.41 Å². The van der Waals surface area contributed by atoms with Gasteiger partial charge in [-0.1, -0.05) is 31.4 Å². The van der Waals surface area contributed by atoms with Gasteiger partial charge in [-0.25, -0.2) is 9.37 Å². The molecule has 2 aromatic rings. The molecule has 0 spiro atoms. The van der Waals surface area contributed by atoms with E-state index in [0.717, 1.165) is 19.3 Å². The van der Waals surface area contributed by atoms with E-state index in [-0.39, 0.29) is 11.7 Å². The Morgan fingerprint density at radius 1 is 1.21 bits per heavy atom. The predicted molar refractivity (Wildman–Crippen MR) is 88.7 cm³/mol. The molecule has 0 atom stereocenters. The number of carbonyl (C=O) groups is 1. The lowest BCUT2D eigenvalue weighted by Crippen LogP contribution is -2.42. The Morgan fingerprint density at radius 2 is 2.00 bits per heavy atom. The van der Waals surface area contributed by atoms with Gasteiger partial charge < -0.3 is 5.32 Å². The summed E-state index contributed by atoms with van der Waals surface area (Å²) in [7, 11) is 0. The minimum Gasteiger partial charge on any atom is -0.310 e. The van der Waals surface area contributed by atoms with Crippen LogP contribution in [0.2, 0.25) is 0 Å². The van der Waals surface area contributed by atoms with Crippen LogP contribution in [0.1, 0.15) is 43.2 Å². The van der Waals surface area contributed by atoms with Gasteiger partial charge in [0.2, 0.25) is 5.91 Å². The van der Waals surface area contributed by atoms with Crippen molar-refractivity contribution in [2.45, 2.75) is 37.5 Å². The third-order valence-electron chi connectivity index (χ3n) is 4.65. The summed E-state index contributed by atoms with van der Waals surface area (Å²) in [5.74, 6) is -0.175. The first-order chi connectivity index (χ1) is 11.6. The lowest BCUT2D eigenvalue weighted by Gasteiger charge is -2.36. The van der Waals surface area contributed by atoms with Crippen LogP contribution in [0.25, 0.3) is 0 Å². The van der Waals surface area contributed by atoms with Crippen LogP contribution in [0, 0.1) is 17.1 Å². The normalized spacial score (nSPS) is 16.2.